The number of fused-ring (bicyclic) bond motifs is 3. The Bertz CT molecular complexity index is 928. The van der Waals surface area contributed by atoms with Gasteiger partial charge in [-0.3, -0.25) is 4.98 Å². The maximum atomic E-state index is 11.6. The van der Waals surface area contributed by atoms with Crippen LogP contribution in [0.1, 0.15) is 33.6 Å². The molecule has 0 radical (unpaired) electrons. The molecule has 138 valence electrons. The summed E-state index contributed by atoms with van der Waals surface area (Å²) >= 11 is 0. The van der Waals surface area contributed by atoms with E-state index in [-0.39, 0.29) is 6.09 Å². The van der Waals surface area contributed by atoms with Gasteiger partial charge in [0.25, 0.3) is 0 Å². The van der Waals surface area contributed by atoms with Gasteiger partial charge in [0.2, 0.25) is 0 Å². The summed E-state index contributed by atoms with van der Waals surface area (Å²) in [7, 11) is 0. The second-order valence-corrected chi connectivity index (χ2v) is 7.14. The van der Waals surface area contributed by atoms with E-state index in [1.165, 1.54) is 0 Å². The number of anilines is 1. The van der Waals surface area contributed by atoms with E-state index in [1.807, 2.05) is 37.5 Å². The first kappa shape index (κ1) is 17.9. The Morgan fingerprint density at radius 2 is 2.08 bits per heavy atom. The minimum absolute atomic E-state index is 0.389. The molecule has 1 amide bonds. The highest BCUT2D eigenvalue weighted by atomic mass is 16.6. The SMILES string of the molecule is CC(C)(C)OC(=O)NCCCCn1cnc2c(N)nc3cccnc3c21. The number of imidazole rings is 1. The van der Waals surface area contributed by atoms with Gasteiger partial charge in [0.1, 0.15) is 22.2 Å². The van der Waals surface area contributed by atoms with Crippen molar-refractivity contribution >= 4 is 34.0 Å². The van der Waals surface area contributed by atoms with Crippen LogP contribution in [-0.4, -0.2) is 37.8 Å². The fraction of sp³-hybridized carbons (Fsp3) is 0.444. The number of nitrogens with one attached hydrogen (secondary N) is 1. The summed E-state index contributed by atoms with van der Waals surface area (Å²) in [4.78, 5) is 24.8. The molecule has 0 aliphatic carbocycles. The zero-order chi connectivity index (χ0) is 18.7. The number of aromatic nitrogens is 4. The summed E-state index contributed by atoms with van der Waals surface area (Å²) in [5, 5.41) is 2.77. The lowest BCUT2D eigenvalue weighted by Gasteiger charge is -2.19. The molecule has 0 aliphatic rings. The minimum atomic E-state index is -0.484. The van der Waals surface area contributed by atoms with E-state index in [1.54, 1.807) is 12.5 Å². The highest BCUT2D eigenvalue weighted by Crippen LogP contribution is 2.25. The molecule has 0 saturated heterocycles. The number of ether oxygens (including phenoxy) is 1. The molecule has 0 saturated carbocycles. The third-order valence-electron chi connectivity index (χ3n) is 3.83. The fourth-order valence-corrected chi connectivity index (χ4v) is 2.75. The average Bonchev–Trinajstić information content (AvgIpc) is 2.98. The lowest BCUT2D eigenvalue weighted by molar-refractivity contribution is 0.0527. The first-order valence-electron chi connectivity index (χ1n) is 8.67. The lowest BCUT2D eigenvalue weighted by atomic mass is 10.2. The molecule has 0 atom stereocenters. The normalized spacial score (nSPS) is 11.8. The third kappa shape index (κ3) is 4.01. The molecule has 3 N–H and O–H groups in total. The van der Waals surface area contributed by atoms with Gasteiger partial charge in [-0.25, -0.2) is 14.8 Å². The van der Waals surface area contributed by atoms with Crippen molar-refractivity contribution in [3.8, 4) is 0 Å². The van der Waals surface area contributed by atoms with Gasteiger partial charge >= 0.3 is 6.09 Å². The van der Waals surface area contributed by atoms with Crippen LogP contribution in [0.15, 0.2) is 24.7 Å². The Hall–Kier alpha value is -2.90. The molecule has 0 aliphatic heterocycles. The van der Waals surface area contributed by atoms with Gasteiger partial charge < -0.3 is 20.4 Å². The topological polar surface area (TPSA) is 108 Å². The molecule has 0 bridgehead atoms. The summed E-state index contributed by atoms with van der Waals surface area (Å²) in [6.07, 6.45) is 4.81. The number of carbonyl (C=O) groups excluding carboxylic acids is 1. The van der Waals surface area contributed by atoms with Gasteiger partial charge in [-0.2, -0.15) is 0 Å². The quantitative estimate of drug-likeness (QED) is 0.681. The molecule has 26 heavy (non-hydrogen) atoms. The summed E-state index contributed by atoms with van der Waals surface area (Å²) in [5.74, 6) is 0.408. The molecule has 3 rings (SSSR count). The fourth-order valence-electron chi connectivity index (χ4n) is 2.75. The van der Waals surface area contributed by atoms with Gasteiger partial charge in [0, 0.05) is 19.3 Å². The van der Waals surface area contributed by atoms with Crippen molar-refractivity contribution in [2.75, 3.05) is 12.3 Å². The number of hydrogen-bond acceptors (Lipinski definition) is 6. The highest BCUT2D eigenvalue weighted by Gasteiger charge is 2.15. The Kier molecular flexibility index (Phi) is 4.92. The lowest BCUT2D eigenvalue weighted by Crippen LogP contribution is -2.33. The number of amides is 1. The molecular weight excluding hydrogens is 332 g/mol. The Labute approximate surface area is 151 Å². The van der Waals surface area contributed by atoms with Crippen molar-refractivity contribution in [3.05, 3.63) is 24.7 Å². The number of unbranched alkanes of at least 4 members (excludes halogenated alkanes) is 1. The van der Waals surface area contributed by atoms with Crippen molar-refractivity contribution in [1.82, 2.24) is 24.8 Å². The number of alkyl carbamates (subject to hydrolysis) is 1. The van der Waals surface area contributed by atoms with Crippen LogP contribution in [0.25, 0.3) is 22.1 Å². The number of nitrogens with zero attached hydrogens (tertiary/aromatic N) is 4. The smallest absolute Gasteiger partial charge is 0.407 e. The third-order valence-corrected chi connectivity index (χ3v) is 3.83. The Morgan fingerprint density at radius 1 is 1.27 bits per heavy atom. The average molecular weight is 356 g/mol. The molecule has 0 unspecified atom stereocenters. The van der Waals surface area contributed by atoms with Crippen LogP contribution in [0, 0.1) is 0 Å². The summed E-state index contributed by atoms with van der Waals surface area (Å²) < 4.78 is 7.25. The predicted octanol–water partition coefficient (Wildman–Crippen LogP) is 2.87. The van der Waals surface area contributed by atoms with E-state index < -0.39 is 5.60 Å². The van der Waals surface area contributed by atoms with Crippen LogP contribution in [0.5, 0.6) is 0 Å². The van der Waals surface area contributed by atoms with E-state index >= 15 is 0 Å². The molecule has 3 aromatic heterocycles. The minimum Gasteiger partial charge on any atom is -0.444 e. The standard InChI is InChI=1S/C18H24N6O2/c1-18(2,3)26-17(25)21-8-4-5-10-24-11-22-14-15(24)13-12(23-16(14)19)7-6-9-20-13/h6-7,9,11H,4-5,8,10H2,1-3H3,(H2,19,23)(H,21,25). The second kappa shape index (κ2) is 7.15. The van der Waals surface area contributed by atoms with Gasteiger partial charge in [0.15, 0.2) is 5.82 Å². The van der Waals surface area contributed by atoms with Gasteiger partial charge in [0.05, 0.1) is 11.8 Å². The largest absolute Gasteiger partial charge is 0.444 e. The van der Waals surface area contributed by atoms with Gasteiger partial charge in [-0.1, -0.05) is 0 Å². The highest BCUT2D eigenvalue weighted by molar-refractivity contribution is 6.03. The van der Waals surface area contributed by atoms with Crippen molar-refractivity contribution < 1.29 is 9.53 Å². The number of nitrogens with two attached hydrogens (primary N) is 1. The van der Waals surface area contributed by atoms with E-state index in [2.05, 4.69) is 20.3 Å². The maximum absolute atomic E-state index is 11.6. The van der Waals surface area contributed by atoms with Crippen LogP contribution in [0.4, 0.5) is 10.6 Å². The number of nitrogen functional groups attached to an aromatic ring is 1. The zero-order valence-electron chi connectivity index (χ0n) is 15.3. The van der Waals surface area contributed by atoms with E-state index in [0.29, 0.717) is 17.9 Å². The number of hydrogen-bond donors (Lipinski definition) is 2. The molecular formula is C18H24N6O2. The Morgan fingerprint density at radius 3 is 2.85 bits per heavy atom. The number of pyridine rings is 2. The van der Waals surface area contributed by atoms with Gasteiger partial charge in [-0.05, 0) is 45.7 Å². The first-order valence-corrected chi connectivity index (χ1v) is 8.67. The summed E-state index contributed by atoms with van der Waals surface area (Å²) in [5.41, 5.74) is 8.65. The van der Waals surface area contributed by atoms with Crippen LogP contribution < -0.4 is 11.1 Å². The van der Waals surface area contributed by atoms with Gasteiger partial charge in [-0.15, -0.1) is 0 Å². The second-order valence-electron chi connectivity index (χ2n) is 7.14. The van der Waals surface area contributed by atoms with Crippen molar-refractivity contribution in [3.63, 3.8) is 0 Å². The molecule has 0 spiro atoms. The predicted molar refractivity (Wildman–Crippen MR) is 101 cm³/mol. The first-order chi connectivity index (χ1) is 12.3. The van der Waals surface area contributed by atoms with Crippen molar-refractivity contribution in [1.29, 1.82) is 0 Å². The number of aryl methyl sites for hydroxylation is 1. The van der Waals surface area contributed by atoms with Crippen molar-refractivity contribution in [2.24, 2.45) is 0 Å². The van der Waals surface area contributed by atoms with Crippen LogP contribution >= 0.6 is 0 Å². The van der Waals surface area contributed by atoms with E-state index in [4.69, 9.17) is 10.5 Å². The maximum Gasteiger partial charge on any atom is 0.407 e. The Balaban J connectivity index is 1.63. The number of rotatable bonds is 5. The van der Waals surface area contributed by atoms with Crippen LogP contribution in [0.2, 0.25) is 0 Å². The summed E-state index contributed by atoms with van der Waals surface area (Å²) in [6.45, 7) is 6.84. The number of carbonyl (C=O) groups is 1. The molecule has 3 heterocycles. The van der Waals surface area contributed by atoms with Crippen molar-refractivity contribution in [2.45, 2.75) is 45.8 Å². The van der Waals surface area contributed by atoms with E-state index in [0.717, 1.165) is 35.9 Å². The molecule has 0 aromatic carbocycles. The zero-order valence-corrected chi connectivity index (χ0v) is 15.3. The molecule has 8 nitrogen and oxygen atoms in total. The molecule has 3 aromatic rings. The monoisotopic (exact) mass is 356 g/mol. The molecule has 0 fully saturated rings. The molecule has 8 heteroatoms. The van der Waals surface area contributed by atoms with Crippen LogP contribution in [-0.2, 0) is 11.3 Å². The summed E-state index contributed by atoms with van der Waals surface area (Å²) in [6, 6.07) is 3.73. The van der Waals surface area contributed by atoms with E-state index in [9.17, 15) is 4.79 Å². The van der Waals surface area contributed by atoms with Crippen LogP contribution in [0.3, 0.4) is 0 Å².